The number of benzene rings is 2. The van der Waals surface area contributed by atoms with E-state index in [9.17, 15) is 14.0 Å². The van der Waals surface area contributed by atoms with Crippen molar-refractivity contribution in [3.8, 4) is 11.5 Å². The van der Waals surface area contributed by atoms with Crippen molar-refractivity contribution in [1.82, 2.24) is 0 Å². The van der Waals surface area contributed by atoms with Crippen molar-refractivity contribution >= 4 is 17.6 Å². The van der Waals surface area contributed by atoms with E-state index in [1.54, 1.807) is 18.2 Å². The molecule has 0 radical (unpaired) electrons. The number of nitrogens with zero attached hydrogens (tertiary/aromatic N) is 1. The molecule has 1 atom stereocenters. The highest BCUT2D eigenvalue weighted by molar-refractivity contribution is 6.06. The van der Waals surface area contributed by atoms with Crippen LogP contribution in [0.1, 0.15) is 17.9 Å². The molecule has 3 aliphatic heterocycles. The summed E-state index contributed by atoms with van der Waals surface area (Å²) in [5.41, 5.74) is 2.05. The molecule has 0 aromatic heterocycles. The van der Waals surface area contributed by atoms with Crippen LogP contribution >= 0.6 is 0 Å². The lowest BCUT2D eigenvalue weighted by atomic mass is 9.84. The highest BCUT2D eigenvalue weighted by Crippen LogP contribution is 2.44. The fourth-order valence-corrected chi connectivity index (χ4v) is 3.78. The zero-order chi connectivity index (χ0) is 18.5. The Kier molecular flexibility index (Phi) is 3.43. The smallest absolute Gasteiger partial charge is 0.336 e. The monoisotopic (exact) mass is 367 g/mol. The van der Waals surface area contributed by atoms with Crippen LogP contribution in [0.25, 0.3) is 0 Å². The lowest BCUT2D eigenvalue weighted by Crippen LogP contribution is -2.37. The van der Waals surface area contributed by atoms with Crippen LogP contribution in [0.15, 0.2) is 53.7 Å². The predicted octanol–water partition coefficient (Wildman–Crippen LogP) is 2.89. The number of ether oxygens (including phenoxy) is 3. The molecule has 3 aliphatic rings. The number of rotatable bonds is 2. The van der Waals surface area contributed by atoms with E-state index >= 15 is 0 Å². The summed E-state index contributed by atoms with van der Waals surface area (Å²) in [6.45, 7) is 0.128. The minimum absolute atomic E-state index is 0.0164. The molecule has 7 heteroatoms. The summed E-state index contributed by atoms with van der Waals surface area (Å²) in [7, 11) is 0. The third-order valence-corrected chi connectivity index (χ3v) is 4.98. The topological polar surface area (TPSA) is 65.1 Å². The summed E-state index contributed by atoms with van der Waals surface area (Å²) < 4.78 is 29.6. The van der Waals surface area contributed by atoms with Gasteiger partial charge in [0, 0.05) is 12.3 Å². The van der Waals surface area contributed by atoms with Crippen molar-refractivity contribution < 1.29 is 28.2 Å². The zero-order valence-corrected chi connectivity index (χ0v) is 14.1. The average molecular weight is 367 g/mol. The van der Waals surface area contributed by atoms with Gasteiger partial charge in [0.25, 0.3) is 0 Å². The van der Waals surface area contributed by atoms with E-state index in [1.807, 2.05) is 6.07 Å². The Morgan fingerprint density at radius 1 is 1.00 bits per heavy atom. The molecular weight excluding hydrogens is 353 g/mol. The van der Waals surface area contributed by atoms with Gasteiger partial charge in [-0.05, 0) is 35.9 Å². The van der Waals surface area contributed by atoms with E-state index in [1.165, 1.54) is 23.1 Å². The normalized spacial score (nSPS) is 20.8. The first-order valence-corrected chi connectivity index (χ1v) is 8.50. The molecule has 27 heavy (non-hydrogen) atoms. The van der Waals surface area contributed by atoms with E-state index in [-0.39, 0.29) is 25.7 Å². The first-order valence-electron chi connectivity index (χ1n) is 8.50. The van der Waals surface area contributed by atoms with Gasteiger partial charge in [0.1, 0.15) is 12.4 Å². The second-order valence-corrected chi connectivity index (χ2v) is 6.51. The first kappa shape index (κ1) is 15.9. The molecule has 136 valence electrons. The molecule has 0 aliphatic carbocycles. The molecule has 0 spiro atoms. The van der Waals surface area contributed by atoms with Gasteiger partial charge in [0.15, 0.2) is 11.5 Å². The van der Waals surface area contributed by atoms with Crippen LogP contribution in [0.4, 0.5) is 10.1 Å². The maximum atomic E-state index is 13.7. The van der Waals surface area contributed by atoms with Gasteiger partial charge in [0.05, 0.1) is 17.0 Å². The molecule has 0 saturated carbocycles. The van der Waals surface area contributed by atoms with E-state index < -0.39 is 17.7 Å². The molecule has 5 rings (SSSR count). The van der Waals surface area contributed by atoms with Crippen LogP contribution in [0.5, 0.6) is 11.5 Å². The third kappa shape index (κ3) is 2.46. The molecule has 0 unspecified atom stereocenters. The van der Waals surface area contributed by atoms with Crippen LogP contribution in [0.2, 0.25) is 0 Å². The Balaban J connectivity index is 1.61. The van der Waals surface area contributed by atoms with Gasteiger partial charge >= 0.3 is 5.97 Å². The number of fused-ring (bicyclic) bond motifs is 1. The van der Waals surface area contributed by atoms with Gasteiger partial charge in [-0.2, -0.15) is 0 Å². The largest absolute Gasteiger partial charge is 0.456 e. The number of esters is 1. The average Bonchev–Trinajstić information content (AvgIpc) is 3.27. The van der Waals surface area contributed by atoms with E-state index in [4.69, 9.17) is 14.2 Å². The standard InChI is InChI=1S/C20H14FNO5/c21-12-2-1-3-13(7-12)22-15-9-25-20(24)19(15)14(8-18(22)23)11-4-5-16-17(6-11)27-10-26-16/h1-7,14H,8-10H2/t14-/m1/s1. The Labute approximate surface area is 153 Å². The Hall–Kier alpha value is -3.35. The number of carbonyl (C=O) groups excluding carboxylic acids is 2. The first-order chi connectivity index (χ1) is 13.1. The minimum Gasteiger partial charge on any atom is -0.456 e. The van der Waals surface area contributed by atoms with Crippen LogP contribution < -0.4 is 14.4 Å². The van der Waals surface area contributed by atoms with E-state index in [0.29, 0.717) is 28.5 Å². The number of anilines is 1. The van der Waals surface area contributed by atoms with Crippen molar-refractivity contribution in [2.45, 2.75) is 12.3 Å². The van der Waals surface area contributed by atoms with Crippen LogP contribution in [0.3, 0.4) is 0 Å². The second-order valence-electron chi connectivity index (χ2n) is 6.51. The van der Waals surface area contributed by atoms with Crippen molar-refractivity contribution in [2.75, 3.05) is 18.3 Å². The number of cyclic esters (lactones) is 1. The van der Waals surface area contributed by atoms with Crippen LogP contribution in [0, 0.1) is 5.82 Å². The van der Waals surface area contributed by atoms with Crippen molar-refractivity contribution in [1.29, 1.82) is 0 Å². The lowest BCUT2D eigenvalue weighted by molar-refractivity contribution is -0.136. The zero-order valence-electron chi connectivity index (χ0n) is 14.1. The highest BCUT2D eigenvalue weighted by atomic mass is 19.1. The molecule has 6 nitrogen and oxygen atoms in total. The van der Waals surface area contributed by atoms with Gasteiger partial charge < -0.3 is 14.2 Å². The van der Waals surface area contributed by atoms with Gasteiger partial charge in [-0.1, -0.05) is 12.1 Å². The van der Waals surface area contributed by atoms with Gasteiger partial charge in [-0.25, -0.2) is 9.18 Å². The van der Waals surface area contributed by atoms with Crippen molar-refractivity contribution in [3.63, 3.8) is 0 Å². The number of amides is 1. The van der Waals surface area contributed by atoms with E-state index in [2.05, 4.69) is 0 Å². The Morgan fingerprint density at radius 2 is 1.85 bits per heavy atom. The molecule has 0 N–H and O–H groups in total. The fraction of sp³-hybridized carbons (Fsp3) is 0.200. The number of carbonyl (C=O) groups is 2. The van der Waals surface area contributed by atoms with Gasteiger partial charge in [-0.3, -0.25) is 9.69 Å². The molecule has 2 aromatic carbocycles. The molecular formula is C20H14FNO5. The molecule has 1 amide bonds. The third-order valence-electron chi connectivity index (χ3n) is 4.98. The fourth-order valence-electron chi connectivity index (χ4n) is 3.78. The summed E-state index contributed by atoms with van der Waals surface area (Å²) >= 11 is 0. The number of halogens is 1. The maximum absolute atomic E-state index is 13.7. The van der Waals surface area contributed by atoms with Gasteiger partial charge in [0.2, 0.25) is 12.7 Å². The molecule has 2 aromatic rings. The van der Waals surface area contributed by atoms with Crippen molar-refractivity contribution in [2.24, 2.45) is 0 Å². The quantitative estimate of drug-likeness (QED) is 0.764. The minimum atomic E-state index is -0.457. The van der Waals surface area contributed by atoms with Crippen molar-refractivity contribution in [3.05, 3.63) is 65.1 Å². The molecule has 3 heterocycles. The summed E-state index contributed by atoms with van der Waals surface area (Å²) in [4.78, 5) is 26.7. The summed E-state index contributed by atoms with van der Waals surface area (Å²) in [5, 5.41) is 0. The summed E-state index contributed by atoms with van der Waals surface area (Å²) in [5.74, 6) is -0.360. The molecule has 0 bridgehead atoms. The summed E-state index contributed by atoms with van der Waals surface area (Å²) in [6, 6.07) is 11.1. The Bertz CT molecular complexity index is 1020. The second kappa shape index (κ2) is 5.84. The summed E-state index contributed by atoms with van der Waals surface area (Å²) in [6.07, 6.45) is 0.0735. The van der Waals surface area contributed by atoms with Crippen LogP contribution in [-0.2, 0) is 14.3 Å². The van der Waals surface area contributed by atoms with Gasteiger partial charge in [-0.15, -0.1) is 0 Å². The van der Waals surface area contributed by atoms with E-state index in [0.717, 1.165) is 5.56 Å². The SMILES string of the molecule is O=C1OCC2=C1[C@@H](c1ccc3c(c1)OCO3)CC(=O)N2c1cccc(F)c1. The number of hydrogen-bond acceptors (Lipinski definition) is 5. The lowest BCUT2D eigenvalue weighted by Gasteiger charge is -2.31. The maximum Gasteiger partial charge on any atom is 0.336 e. The molecule has 0 saturated heterocycles. The predicted molar refractivity (Wildman–Crippen MR) is 91.8 cm³/mol. The molecule has 0 fully saturated rings. The highest BCUT2D eigenvalue weighted by Gasteiger charge is 2.43. The number of hydrogen-bond donors (Lipinski definition) is 0. The van der Waals surface area contributed by atoms with Crippen LogP contribution in [-0.4, -0.2) is 25.3 Å². The Morgan fingerprint density at radius 3 is 2.70 bits per heavy atom.